The van der Waals surface area contributed by atoms with Crippen LogP contribution >= 0.6 is 0 Å². The monoisotopic (exact) mass is 294 g/mol. The van der Waals surface area contributed by atoms with Crippen LogP contribution in [0.25, 0.3) is 0 Å². The van der Waals surface area contributed by atoms with Crippen molar-refractivity contribution in [3.05, 3.63) is 17.8 Å². The van der Waals surface area contributed by atoms with E-state index in [0.29, 0.717) is 38.6 Å². The molecule has 1 amide bonds. The average molecular weight is 294 g/mol. The molecule has 0 bridgehead atoms. The molecule has 0 atom stereocenters. The number of piperazine rings is 1. The highest BCUT2D eigenvalue weighted by molar-refractivity contribution is 5.87. The van der Waals surface area contributed by atoms with Gasteiger partial charge in [0.1, 0.15) is 0 Å². The topological polar surface area (TPSA) is 84.9 Å². The van der Waals surface area contributed by atoms with E-state index in [4.69, 9.17) is 4.74 Å². The summed E-state index contributed by atoms with van der Waals surface area (Å²) < 4.78 is 9.54. The summed E-state index contributed by atoms with van der Waals surface area (Å²) in [6.45, 7) is 4.58. The number of aromatic nitrogens is 2. The maximum Gasteiger partial charge on any atom is 0.409 e. The first-order valence-corrected chi connectivity index (χ1v) is 6.74. The van der Waals surface area contributed by atoms with Gasteiger partial charge in [-0.05, 0) is 19.1 Å². The fourth-order valence-corrected chi connectivity index (χ4v) is 2.04. The number of ether oxygens (including phenoxy) is 2. The molecular formula is C13H18N4O4. The van der Waals surface area contributed by atoms with Crippen LogP contribution in [0.4, 0.5) is 10.6 Å². The van der Waals surface area contributed by atoms with Crippen LogP contribution in [0.1, 0.15) is 17.4 Å². The second-order valence-corrected chi connectivity index (χ2v) is 4.44. The maximum atomic E-state index is 11.6. The van der Waals surface area contributed by atoms with Crippen LogP contribution in [0.5, 0.6) is 0 Å². The fraction of sp³-hybridized carbons (Fsp3) is 0.538. The van der Waals surface area contributed by atoms with Crippen molar-refractivity contribution in [2.75, 3.05) is 44.8 Å². The third kappa shape index (κ3) is 3.59. The Labute approximate surface area is 122 Å². The smallest absolute Gasteiger partial charge is 0.409 e. The largest absolute Gasteiger partial charge is 0.464 e. The Morgan fingerprint density at radius 1 is 1.19 bits per heavy atom. The number of hydrogen-bond acceptors (Lipinski definition) is 7. The number of anilines is 1. The minimum absolute atomic E-state index is 0.173. The number of carbonyl (C=O) groups excluding carboxylic acids is 2. The summed E-state index contributed by atoms with van der Waals surface area (Å²) >= 11 is 0. The van der Waals surface area contributed by atoms with Gasteiger partial charge in [-0.1, -0.05) is 0 Å². The minimum Gasteiger partial charge on any atom is -0.464 e. The molecule has 1 aromatic rings. The molecule has 1 aliphatic rings. The summed E-state index contributed by atoms with van der Waals surface area (Å²) in [7, 11) is 1.30. The summed E-state index contributed by atoms with van der Waals surface area (Å²) in [5.41, 5.74) is 0.173. The first kappa shape index (κ1) is 15.0. The van der Waals surface area contributed by atoms with E-state index in [9.17, 15) is 9.59 Å². The third-order valence-electron chi connectivity index (χ3n) is 3.17. The van der Waals surface area contributed by atoms with Gasteiger partial charge in [0.05, 0.1) is 13.7 Å². The number of nitrogens with zero attached hydrogens (tertiary/aromatic N) is 4. The molecular weight excluding hydrogens is 276 g/mol. The first-order chi connectivity index (χ1) is 10.2. The zero-order chi connectivity index (χ0) is 15.2. The highest BCUT2D eigenvalue weighted by Crippen LogP contribution is 2.13. The Morgan fingerprint density at radius 3 is 2.43 bits per heavy atom. The predicted molar refractivity (Wildman–Crippen MR) is 74.2 cm³/mol. The number of carbonyl (C=O) groups is 2. The second-order valence-electron chi connectivity index (χ2n) is 4.44. The number of rotatable bonds is 3. The van der Waals surface area contributed by atoms with Crippen molar-refractivity contribution >= 4 is 17.9 Å². The standard InChI is InChI=1S/C13H18N4O4/c1-3-21-13(19)17-8-6-16(7-9-17)11-5-4-10(14-15-11)12(18)20-2/h4-5H,3,6-9H2,1-2H3. The van der Waals surface area contributed by atoms with E-state index in [0.717, 1.165) is 0 Å². The predicted octanol–water partition coefficient (Wildman–Crippen LogP) is 0.542. The van der Waals surface area contributed by atoms with E-state index in [-0.39, 0.29) is 11.8 Å². The van der Waals surface area contributed by atoms with Crippen molar-refractivity contribution < 1.29 is 19.1 Å². The molecule has 0 spiro atoms. The van der Waals surface area contributed by atoms with Gasteiger partial charge in [-0.25, -0.2) is 9.59 Å². The van der Waals surface area contributed by atoms with E-state index >= 15 is 0 Å². The molecule has 2 heterocycles. The molecule has 0 radical (unpaired) electrons. The molecule has 0 aliphatic carbocycles. The molecule has 1 aliphatic heterocycles. The van der Waals surface area contributed by atoms with Crippen molar-refractivity contribution in [3.8, 4) is 0 Å². The van der Waals surface area contributed by atoms with Gasteiger partial charge in [-0.15, -0.1) is 10.2 Å². The Hall–Kier alpha value is -2.38. The fourth-order valence-electron chi connectivity index (χ4n) is 2.04. The highest BCUT2D eigenvalue weighted by Gasteiger charge is 2.23. The quantitative estimate of drug-likeness (QED) is 0.752. The molecule has 1 saturated heterocycles. The zero-order valence-electron chi connectivity index (χ0n) is 12.1. The summed E-state index contributed by atoms with van der Waals surface area (Å²) in [6, 6.07) is 3.30. The molecule has 0 unspecified atom stereocenters. The van der Waals surface area contributed by atoms with Crippen LogP contribution in [-0.4, -0.2) is 67.1 Å². The molecule has 2 rings (SSSR count). The molecule has 1 fully saturated rings. The van der Waals surface area contributed by atoms with Crippen molar-refractivity contribution in [2.45, 2.75) is 6.92 Å². The van der Waals surface area contributed by atoms with Gasteiger partial charge in [-0.2, -0.15) is 0 Å². The Kier molecular flexibility index (Phi) is 4.91. The number of esters is 1. The lowest BCUT2D eigenvalue weighted by Crippen LogP contribution is -2.49. The summed E-state index contributed by atoms with van der Waals surface area (Å²) in [5, 5.41) is 7.85. The van der Waals surface area contributed by atoms with Gasteiger partial charge in [-0.3, -0.25) is 0 Å². The van der Waals surface area contributed by atoms with Crippen molar-refractivity contribution in [3.63, 3.8) is 0 Å². The molecule has 8 nitrogen and oxygen atoms in total. The lowest BCUT2D eigenvalue weighted by atomic mass is 10.3. The number of amides is 1. The van der Waals surface area contributed by atoms with Crippen LogP contribution in [0.15, 0.2) is 12.1 Å². The van der Waals surface area contributed by atoms with E-state index in [1.165, 1.54) is 7.11 Å². The highest BCUT2D eigenvalue weighted by atomic mass is 16.6. The maximum absolute atomic E-state index is 11.6. The third-order valence-corrected chi connectivity index (χ3v) is 3.17. The molecule has 1 aromatic heterocycles. The first-order valence-electron chi connectivity index (χ1n) is 6.74. The van der Waals surface area contributed by atoms with E-state index in [1.54, 1.807) is 24.0 Å². The Bertz CT molecular complexity index is 497. The van der Waals surface area contributed by atoms with Crippen LogP contribution < -0.4 is 4.90 Å². The molecule has 0 N–H and O–H groups in total. The van der Waals surface area contributed by atoms with Gasteiger partial charge in [0.25, 0.3) is 0 Å². The SMILES string of the molecule is CCOC(=O)N1CCN(c2ccc(C(=O)OC)nn2)CC1. The zero-order valence-corrected chi connectivity index (χ0v) is 12.1. The minimum atomic E-state index is -0.513. The second kappa shape index (κ2) is 6.87. The van der Waals surface area contributed by atoms with E-state index in [2.05, 4.69) is 14.9 Å². The van der Waals surface area contributed by atoms with E-state index < -0.39 is 5.97 Å². The normalized spacial score (nSPS) is 14.8. The Balaban J connectivity index is 1.93. The van der Waals surface area contributed by atoms with Gasteiger partial charge >= 0.3 is 12.1 Å². The summed E-state index contributed by atoms with van der Waals surface area (Å²) in [4.78, 5) is 26.6. The van der Waals surface area contributed by atoms with Gasteiger partial charge in [0.15, 0.2) is 11.5 Å². The molecule has 0 aromatic carbocycles. The lowest BCUT2D eigenvalue weighted by molar-refractivity contribution is 0.0592. The summed E-state index contributed by atoms with van der Waals surface area (Å²) in [6.07, 6.45) is -0.288. The number of methoxy groups -OCH3 is 1. The molecule has 21 heavy (non-hydrogen) atoms. The van der Waals surface area contributed by atoms with Gasteiger partial charge in [0.2, 0.25) is 0 Å². The Morgan fingerprint density at radius 2 is 1.90 bits per heavy atom. The van der Waals surface area contributed by atoms with Crippen LogP contribution in [0, 0.1) is 0 Å². The average Bonchev–Trinajstić information content (AvgIpc) is 2.54. The molecule has 0 saturated carbocycles. The van der Waals surface area contributed by atoms with Crippen LogP contribution in [0.2, 0.25) is 0 Å². The van der Waals surface area contributed by atoms with E-state index in [1.807, 2.05) is 4.90 Å². The van der Waals surface area contributed by atoms with Crippen LogP contribution in [-0.2, 0) is 9.47 Å². The van der Waals surface area contributed by atoms with Gasteiger partial charge < -0.3 is 19.3 Å². The van der Waals surface area contributed by atoms with Crippen LogP contribution in [0.3, 0.4) is 0 Å². The van der Waals surface area contributed by atoms with Gasteiger partial charge in [0, 0.05) is 26.2 Å². The van der Waals surface area contributed by atoms with Crippen molar-refractivity contribution in [1.82, 2.24) is 15.1 Å². The molecule has 8 heteroatoms. The number of hydrogen-bond donors (Lipinski definition) is 0. The molecule has 114 valence electrons. The van der Waals surface area contributed by atoms with Crippen molar-refractivity contribution in [1.29, 1.82) is 0 Å². The lowest BCUT2D eigenvalue weighted by Gasteiger charge is -2.34. The van der Waals surface area contributed by atoms with Crippen molar-refractivity contribution in [2.24, 2.45) is 0 Å². The summed E-state index contributed by atoms with van der Waals surface area (Å²) in [5.74, 6) is 0.160.